The number of benzene rings is 3. The number of hydrogen-bond acceptors (Lipinski definition) is 3. The first kappa shape index (κ1) is 19.4. The first-order valence-electron chi connectivity index (χ1n) is 9.42. The van der Waals surface area contributed by atoms with Crippen molar-refractivity contribution < 1.29 is 14.3 Å². The Morgan fingerprint density at radius 3 is 2.21 bits per heavy atom. The molecule has 0 bridgehead atoms. The van der Waals surface area contributed by atoms with Gasteiger partial charge in [-0.2, -0.15) is 0 Å². The molecular weight excluding hydrogens is 350 g/mol. The van der Waals surface area contributed by atoms with E-state index in [4.69, 9.17) is 4.74 Å². The topological polar surface area (TPSA) is 55.4 Å². The second-order valence-electron chi connectivity index (χ2n) is 6.40. The van der Waals surface area contributed by atoms with Crippen LogP contribution in [0.25, 0.3) is 11.1 Å². The van der Waals surface area contributed by atoms with Crippen LogP contribution in [0.4, 0.5) is 5.69 Å². The van der Waals surface area contributed by atoms with E-state index in [1.165, 1.54) is 0 Å². The SMILES string of the molecule is CCCCOC(=O)c1ccccc1NC(=O)c1ccccc1-c1ccccc1. The van der Waals surface area contributed by atoms with Gasteiger partial charge in [-0.1, -0.05) is 74.0 Å². The molecule has 1 amide bonds. The zero-order chi connectivity index (χ0) is 19.8. The maximum Gasteiger partial charge on any atom is 0.340 e. The molecule has 3 aromatic rings. The molecule has 0 aliphatic heterocycles. The summed E-state index contributed by atoms with van der Waals surface area (Å²) in [7, 11) is 0. The van der Waals surface area contributed by atoms with Gasteiger partial charge >= 0.3 is 5.97 Å². The Hall–Kier alpha value is -3.40. The van der Waals surface area contributed by atoms with E-state index in [-0.39, 0.29) is 5.91 Å². The van der Waals surface area contributed by atoms with Crippen molar-refractivity contribution >= 4 is 17.6 Å². The molecule has 142 valence electrons. The molecule has 28 heavy (non-hydrogen) atoms. The minimum absolute atomic E-state index is 0.270. The van der Waals surface area contributed by atoms with Gasteiger partial charge in [0.05, 0.1) is 17.9 Å². The van der Waals surface area contributed by atoms with Crippen LogP contribution in [0.1, 0.15) is 40.5 Å². The monoisotopic (exact) mass is 373 g/mol. The summed E-state index contributed by atoms with van der Waals surface area (Å²) in [6.45, 7) is 2.40. The van der Waals surface area contributed by atoms with Gasteiger partial charge in [0.15, 0.2) is 0 Å². The van der Waals surface area contributed by atoms with E-state index in [0.29, 0.717) is 23.4 Å². The van der Waals surface area contributed by atoms with Crippen LogP contribution in [-0.4, -0.2) is 18.5 Å². The Balaban J connectivity index is 1.84. The highest BCUT2D eigenvalue weighted by Crippen LogP contribution is 2.25. The number of unbranched alkanes of at least 4 members (excludes halogenated alkanes) is 1. The summed E-state index contributed by atoms with van der Waals surface area (Å²) in [6, 6.07) is 24.1. The minimum Gasteiger partial charge on any atom is -0.462 e. The molecule has 0 unspecified atom stereocenters. The normalized spacial score (nSPS) is 10.3. The third-order valence-electron chi connectivity index (χ3n) is 4.38. The lowest BCUT2D eigenvalue weighted by Gasteiger charge is -2.13. The van der Waals surface area contributed by atoms with Crippen molar-refractivity contribution in [3.63, 3.8) is 0 Å². The smallest absolute Gasteiger partial charge is 0.340 e. The summed E-state index contributed by atoms with van der Waals surface area (Å²) in [5, 5.41) is 2.87. The Morgan fingerprint density at radius 1 is 0.821 bits per heavy atom. The first-order chi connectivity index (χ1) is 13.7. The van der Waals surface area contributed by atoms with Crippen LogP contribution in [0.3, 0.4) is 0 Å². The van der Waals surface area contributed by atoms with E-state index in [1.807, 2.05) is 55.5 Å². The molecule has 0 spiro atoms. The fraction of sp³-hybridized carbons (Fsp3) is 0.167. The maximum atomic E-state index is 13.0. The molecule has 0 saturated carbocycles. The first-order valence-corrected chi connectivity index (χ1v) is 9.42. The third kappa shape index (κ3) is 4.65. The molecule has 0 aromatic heterocycles. The molecule has 0 atom stereocenters. The molecule has 3 rings (SSSR count). The number of nitrogens with one attached hydrogen (secondary N) is 1. The Kier molecular flexibility index (Phi) is 6.58. The maximum absolute atomic E-state index is 13.0. The highest BCUT2D eigenvalue weighted by Gasteiger charge is 2.17. The predicted molar refractivity (Wildman–Crippen MR) is 111 cm³/mol. The van der Waals surface area contributed by atoms with Gasteiger partial charge in [0.25, 0.3) is 5.91 Å². The van der Waals surface area contributed by atoms with Crippen LogP contribution in [-0.2, 0) is 4.74 Å². The molecule has 0 aliphatic carbocycles. The van der Waals surface area contributed by atoms with Gasteiger partial charge in [0, 0.05) is 5.56 Å². The van der Waals surface area contributed by atoms with Crippen molar-refractivity contribution in [1.29, 1.82) is 0 Å². The highest BCUT2D eigenvalue weighted by molar-refractivity contribution is 6.11. The summed E-state index contributed by atoms with van der Waals surface area (Å²) >= 11 is 0. The molecule has 0 saturated heterocycles. The fourth-order valence-electron chi connectivity index (χ4n) is 2.90. The average Bonchev–Trinajstić information content (AvgIpc) is 2.75. The number of ether oxygens (including phenoxy) is 1. The number of amides is 1. The molecule has 3 aromatic carbocycles. The standard InChI is InChI=1S/C24H23NO3/c1-2-3-17-28-24(27)21-15-9-10-16-22(21)25-23(26)20-14-8-7-13-19(20)18-11-5-4-6-12-18/h4-16H,2-3,17H2,1H3,(H,25,26). The predicted octanol–water partition coefficient (Wildman–Crippen LogP) is 5.56. The lowest BCUT2D eigenvalue weighted by atomic mass is 9.99. The van der Waals surface area contributed by atoms with Crippen LogP contribution in [0.15, 0.2) is 78.9 Å². The third-order valence-corrected chi connectivity index (χ3v) is 4.38. The van der Waals surface area contributed by atoms with Crippen LogP contribution in [0.2, 0.25) is 0 Å². The average molecular weight is 373 g/mol. The second kappa shape index (κ2) is 9.51. The zero-order valence-electron chi connectivity index (χ0n) is 15.9. The van der Waals surface area contributed by atoms with Crippen molar-refractivity contribution in [3.8, 4) is 11.1 Å². The largest absolute Gasteiger partial charge is 0.462 e. The molecule has 0 radical (unpaired) electrons. The lowest BCUT2D eigenvalue weighted by Crippen LogP contribution is -2.17. The van der Waals surface area contributed by atoms with Gasteiger partial charge < -0.3 is 10.1 Å². The van der Waals surface area contributed by atoms with Crippen LogP contribution in [0.5, 0.6) is 0 Å². The Bertz CT molecular complexity index is 951. The van der Waals surface area contributed by atoms with Crippen LogP contribution in [0, 0.1) is 0 Å². The molecule has 4 heteroatoms. The van der Waals surface area contributed by atoms with Crippen molar-refractivity contribution in [3.05, 3.63) is 90.0 Å². The second-order valence-corrected chi connectivity index (χ2v) is 6.40. The number of anilines is 1. The summed E-state index contributed by atoms with van der Waals surface area (Å²) in [6.07, 6.45) is 1.76. The number of esters is 1. The molecule has 4 nitrogen and oxygen atoms in total. The number of hydrogen-bond donors (Lipinski definition) is 1. The summed E-state index contributed by atoms with van der Waals surface area (Å²) < 4.78 is 5.30. The molecule has 0 fully saturated rings. The van der Waals surface area contributed by atoms with E-state index in [9.17, 15) is 9.59 Å². The highest BCUT2D eigenvalue weighted by atomic mass is 16.5. The van der Waals surface area contributed by atoms with Gasteiger partial charge in [-0.25, -0.2) is 4.79 Å². The number of carbonyl (C=O) groups excluding carboxylic acids is 2. The Labute approximate surface area is 165 Å². The summed E-state index contributed by atoms with van der Waals surface area (Å²) in [5.74, 6) is -0.700. The van der Waals surface area contributed by atoms with Gasteiger partial charge in [0.1, 0.15) is 0 Å². The van der Waals surface area contributed by atoms with Crippen molar-refractivity contribution in [2.45, 2.75) is 19.8 Å². The Morgan fingerprint density at radius 2 is 1.46 bits per heavy atom. The molecule has 0 aliphatic rings. The van der Waals surface area contributed by atoms with Crippen LogP contribution >= 0.6 is 0 Å². The molecule has 1 N–H and O–H groups in total. The number of carbonyl (C=O) groups is 2. The lowest BCUT2D eigenvalue weighted by molar-refractivity contribution is 0.0501. The van der Waals surface area contributed by atoms with E-state index in [0.717, 1.165) is 24.0 Å². The molecule has 0 heterocycles. The zero-order valence-corrected chi connectivity index (χ0v) is 15.9. The van der Waals surface area contributed by atoms with Gasteiger partial charge in [0.2, 0.25) is 0 Å². The van der Waals surface area contributed by atoms with Crippen molar-refractivity contribution in [2.75, 3.05) is 11.9 Å². The fourth-order valence-corrected chi connectivity index (χ4v) is 2.90. The molecular formula is C24H23NO3. The summed E-state index contributed by atoms with van der Waals surface area (Å²) in [5.41, 5.74) is 3.13. The number of para-hydroxylation sites is 1. The summed E-state index contributed by atoms with van der Waals surface area (Å²) in [4.78, 5) is 25.4. The van der Waals surface area contributed by atoms with E-state index in [1.54, 1.807) is 30.3 Å². The van der Waals surface area contributed by atoms with E-state index in [2.05, 4.69) is 5.32 Å². The van der Waals surface area contributed by atoms with Gasteiger partial charge in [-0.3, -0.25) is 4.79 Å². The van der Waals surface area contributed by atoms with E-state index >= 15 is 0 Å². The van der Waals surface area contributed by atoms with Crippen molar-refractivity contribution in [1.82, 2.24) is 0 Å². The van der Waals surface area contributed by atoms with Gasteiger partial charge in [-0.15, -0.1) is 0 Å². The van der Waals surface area contributed by atoms with E-state index < -0.39 is 5.97 Å². The number of rotatable bonds is 7. The quantitative estimate of drug-likeness (QED) is 0.435. The van der Waals surface area contributed by atoms with Crippen molar-refractivity contribution in [2.24, 2.45) is 0 Å². The van der Waals surface area contributed by atoms with Crippen LogP contribution < -0.4 is 5.32 Å². The van der Waals surface area contributed by atoms with Gasteiger partial charge in [-0.05, 0) is 35.7 Å². The minimum atomic E-state index is -0.430.